The molecule has 0 unspecified atom stereocenters. The Labute approximate surface area is 176 Å². The lowest BCUT2D eigenvalue weighted by atomic mass is 10.2. The van der Waals surface area contributed by atoms with Gasteiger partial charge >= 0.3 is 0 Å². The van der Waals surface area contributed by atoms with Gasteiger partial charge in [-0.25, -0.2) is 8.42 Å². The van der Waals surface area contributed by atoms with Crippen molar-refractivity contribution < 1.29 is 17.6 Å². The van der Waals surface area contributed by atoms with Crippen molar-refractivity contribution in [1.29, 1.82) is 0 Å². The van der Waals surface area contributed by atoms with E-state index in [4.69, 9.17) is 4.42 Å². The van der Waals surface area contributed by atoms with Gasteiger partial charge in [0, 0.05) is 31.7 Å². The molecule has 1 saturated heterocycles. The zero-order valence-corrected chi connectivity index (χ0v) is 17.4. The molecule has 2 aromatic carbocycles. The summed E-state index contributed by atoms with van der Waals surface area (Å²) in [4.78, 5) is 17.1. The fourth-order valence-corrected chi connectivity index (χ4v) is 5.00. The van der Waals surface area contributed by atoms with Crippen LogP contribution in [0.25, 0.3) is 0 Å². The molecule has 1 aliphatic rings. The van der Waals surface area contributed by atoms with Crippen molar-refractivity contribution >= 4 is 15.7 Å². The normalized spacial score (nSPS) is 15.3. The number of sulfone groups is 1. The molecule has 0 spiro atoms. The molecule has 0 N–H and O–H groups in total. The van der Waals surface area contributed by atoms with Gasteiger partial charge in [-0.05, 0) is 35.9 Å². The van der Waals surface area contributed by atoms with E-state index in [1.54, 1.807) is 41.5 Å². The number of carbonyl (C=O) groups excluding carboxylic acids is 1. The maximum Gasteiger partial charge on any atom is 0.253 e. The molecule has 3 aromatic rings. The van der Waals surface area contributed by atoms with Crippen molar-refractivity contribution in [2.45, 2.75) is 17.2 Å². The van der Waals surface area contributed by atoms with Crippen LogP contribution in [-0.2, 0) is 22.1 Å². The van der Waals surface area contributed by atoms with Gasteiger partial charge in [0.05, 0.1) is 23.5 Å². The van der Waals surface area contributed by atoms with Gasteiger partial charge in [0.15, 0.2) is 9.84 Å². The number of rotatable bonds is 6. The molecule has 1 aromatic heterocycles. The molecule has 156 valence electrons. The number of amides is 1. The quantitative estimate of drug-likeness (QED) is 0.608. The molecular formula is C23H24N2O4S. The van der Waals surface area contributed by atoms with E-state index in [0.717, 1.165) is 31.0 Å². The SMILES string of the molecule is O=C(c1cccc(S(=O)(=O)Cc2ccccc2)c1)N1CCN(Cc2ccco2)CC1. The van der Waals surface area contributed by atoms with E-state index in [9.17, 15) is 13.2 Å². The van der Waals surface area contributed by atoms with Gasteiger partial charge in [0.1, 0.15) is 5.76 Å². The predicted molar refractivity (Wildman–Crippen MR) is 114 cm³/mol. The highest BCUT2D eigenvalue weighted by Crippen LogP contribution is 2.19. The third-order valence-corrected chi connectivity index (χ3v) is 6.94. The van der Waals surface area contributed by atoms with E-state index < -0.39 is 9.84 Å². The second-order valence-corrected chi connectivity index (χ2v) is 9.41. The third-order valence-electron chi connectivity index (χ3n) is 5.26. The summed E-state index contributed by atoms with van der Waals surface area (Å²) in [5.74, 6) is 0.687. The topological polar surface area (TPSA) is 70.8 Å². The van der Waals surface area contributed by atoms with Gasteiger partial charge < -0.3 is 9.32 Å². The molecule has 2 heterocycles. The van der Waals surface area contributed by atoms with Gasteiger partial charge in [0.25, 0.3) is 5.91 Å². The van der Waals surface area contributed by atoms with E-state index in [1.165, 1.54) is 6.07 Å². The summed E-state index contributed by atoms with van der Waals surface area (Å²) in [5, 5.41) is 0. The Bertz CT molecular complexity index is 1090. The van der Waals surface area contributed by atoms with E-state index in [1.807, 2.05) is 30.3 Å². The zero-order chi connectivity index (χ0) is 21.0. The first-order valence-corrected chi connectivity index (χ1v) is 11.6. The summed E-state index contributed by atoms with van der Waals surface area (Å²) in [7, 11) is -3.53. The molecule has 1 aliphatic heterocycles. The average molecular weight is 425 g/mol. The Morgan fingerprint density at radius 1 is 0.900 bits per heavy atom. The fourth-order valence-electron chi connectivity index (χ4n) is 3.61. The second kappa shape index (κ2) is 8.85. The van der Waals surface area contributed by atoms with E-state index in [0.29, 0.717) is 18.7 Å². The number of carbonyl (C=O) groups is 1. The molecule has 1 amide bonds. The van der Waals surface area contributed by atoms with Crippen LogP contribution in [0.2, 0.25) is 0 Å². The Hall–Kier alpha value is -2.90. The van der Waals surface area contributed by atoms with Crippen molar-refractivity contribution in [1.82, 2.24) is 9.80 Å². The molecule has 4 rings (SSSR count). The minimum absolute atomic E-state index is 0.0864. The van der Waals surface area contributed by atoms with E-state index in [2.05, 4.69) is 4.90 Å². The van der Waals surface area contributed by atoms with Gasteiger partial charge in [-0.3, -0.25) is 9.69 Å². The van der Waals surface area contributed by atoms with Gasteiger partial charge in [0.2, 0.25) is 0 Å². The lowest BCUT2D eigenvalue weighted by molar-refractivity contribution is 0.0620. The number of furan rings is 1. The first-order valence-electron chi connectivity index (χ1n) is 9.92. The van der Waals surface area contributed by atoms with Gasteiger partial charge in [-0.15, -0.1) is 0 Å². The van der Waals surface area contributed by atoms with Crippen molar-refractivity contribution in [2.24, 2.45) is 0 Å². The van der Waals surface area contributed by atoms with Crippen LogP contribution in [0, 0.1) is 0 Å². The predicted octanol–water partition coefficient (Wildman–Crippen LogP) is 3.21. The zero-order valence-electron chi connectivity index (χ0n) is 16.6. The maximum absolute atomic E-state index is 13.0. The Balaban J connectivity index is 1.41. The number of benzene rings is 2. The van der Waals surface area contributed by atoms with Crippen LogP contribution < -0.4 is 0 Å². The third kappa shape index (κ3) is 4.80. The first-order chi connectivity index (χ1) is 14.5. The monoisotopic (exact) mass is 424 g/mol. The molecule has 0 saturated carbocycles. The highest BCUT2D eigenvalue weighted by atomic mass is 32.2. The van der Waals surface area contributed by atoms with Crippen molar-refractivity contribution in [3.8, 4) is 0 Å². The van der Waals surface area contributed by atoms with Crippen LogP contribution in [0.15, 0.2) is 82.3 Å². The van der Waals surface area contributed by atoms with Crippen molar-refractivity contribution in [3.63, 3.8) is 0 Å². The average Bonchev–Trinajstić information content (AvgIpc) is 3.27. The summed E-state index contributed by atoms with van der Waals surface area (Å²) in [6.45, 7) is 3.42. The molecule has 0 bridgehead atoms. The maximum atomic E-state index is 13.0. The van der Waals surface area contributed by atoms with Crippen LogP contribution in [0.3, 0.4) is 0 Å². The molecule has 0 aliphatic carbocycles. The summed E-state index contributed by atoms with van der Waals surface area (Å²) in [5.41, 5.74) is 1.13. The van der Waals surface area contributed by atoms with E-state index in [-0.39, 0.29) is 16.6 Å². The van der Waals surface area contributed by atoms with Crippen LogP contribution >= 0.6 is 0 Å². The highest BCUT2D eigenvalue weighted by Gasteiger charge is 2.24. The number of hydrogen-bond donors (Lipinski definition) is 0. The lowest BCUT2D eigenvalue weighted by Crippen LogP contribution is -2.48. The molecule has 6 nitrogen and oxygen atoms in total. The minimum atomic E-state index is -3.53. The number of piperazine rings is 1. The Kier molecular flexibility index (Phi) is 6.01. The number of nitrogens with zero attached hydrogens (tertiary/aromatic N) is 2. The lowest BCUT2D eigenvalue weighted by Gasteiger charge is -2.34. The van der Waals surface area contributed by atoms with Crippen LogP contribution in [0.1, 0.15) is 21.7 Å². The summed E-state index contributed by atoms with van der Waals surface area (Å²) >= 11 is 0. The Morgan fingerprint density at radius 3 is 2.37 bits per heavy atom. The molecule has 1 fully saturated rings. The number of hydrogen-bond acceptors (Lipinski definition) is 5. The first kappa shape index (κ1) is 20.4. The summed E-state index contributed by atoms with van der Waals surface area (Å²) < 4.78 is 31.0. The standard InChI is InChI=1S/C23H24N2O4S/c26-23(25-13-11-24(12-14-25)17-21-9-5-15-29-21)20-8-4-10-22(16-20)30(27,28)18-19-6-2-1-3-7-19/h1-10,15-16H,11-14,17-18H2. The fraction of sp³-hybridized carbons (Fsp3) is 0.261. The molecule has 7 heteroatoms. The Morgan fingerprint density at radius 2 is 1.67 bits per heavy atom. The van der Waals surface area contributed by atoms with Gasteiger partial charge in [-0.2, -0.15) is 0 Å². The van der Waals surface area contributed by atoms with E-state index >= 15 is 0 Å². The van der Waals surface area contributed by atoms with Crippen molar-refractivity contribution in [3.05, 3.63) is 89.9 Å². The van der Waals surface area contributed by atoms with Crippen molar-refractivity contribution in [2.75, 3.05) is 26.2 Å². The molecular weight excluding hydrogens is 400 g/mol. The second-order valence-electron chi connectivity index (χ2n) is 7.42. The summed E-state index contributed by atoms with van der Waals surface area (Å²) in [6.07, 6.45) is 1.66. The highest BCUT2D eigenvalue weighted by molar-refractivity contribution is 7.90. The van der Waals surface area contributed by atoms with Crippen LogP contribution in [0.5, 0.6) is 0 Å². The van der Waals surface area contributed by atoms with Gasteiger partial charge in [-0.1, -0.05) is 36.4 Å². The van der Waals surface area contributed by atoms with Crippen LogP contribution in [-0.4, -0.2) is 50.3 Å². The smallest absolute Gasteiger partial charge is 0.253 e. The summed E-state index contributed by atoms with van der Waals surface area (Å²) in [6, 6.07) is 19.2. The molecule has 0 radical (unpaired) electrons. The minimum Gasteiger partial charge on any atom is -0.468 e. The van der Waals surface area contributed by atoms with Crippen LogP contribution in [0.4, 0.5) is 0 Å². The molecule has 30 heavy (non-hydrogen) atoms. The molecule has 0 atom stereocenters. The largest absolute Gasteiger partial charge is 0.468 e.